The molecule has 3 aromatic heterocycles. The van der Waals surface area contributed by atoms with E-state index in [-0.39, 0.29) is 0 Å². The van der Waals surface area contributed by atoms with Gasteiger partial charge in [0, 0.05) is 27.2 Å². The highest BCUT2D eigenvalue weighted by Crippen LogP contribution is 2.39. The maximum Gasteiger partial charge on any atom is 0.155 e. The van der Waals surface area contributed by atoms with Gasteiger partial charge in [0.05, 0.1) is 17.0 Å². The lowest BCUT2D eigenvalue weighted by atomic mass is 10.0. The van der Waals surface area contributed by atoms with Gasteiger partial charge in [-0.15, -0.1) is 11.3 Å². The number of nitrogens with zero attached hydrogens (tertiary/aromatic N) is 2. The number of aromatic amines is 1. The lowest BCUT2D eigenvalue weighted by Gasteiger charge is -2.03. The summed E-state index contributed by atoms with van der Waals surface area (Å²) in [4.78, 5) is 4.40. The molecule has 21 heavy (non-hydrogen) atoms. The van der Waals surface area contributed by atoms with E-state index in [2.05, 4.69) is 32.7 Å². The predicted molar refractivity (Wildman–Crippen MR) is 87.1 cm³/mol. The van der Waals surface area contributed by atoms with Crippen molar-refractivity contribution < 1.29 is 0 Å². The first-order valence-corrected chi connectivity index (χ1v) is 7.44. The molecule has 4 rings (SSSR count). The summed E-state index contributed by atoms with van der Waals surface area (Å²) in [5.74, 6) is 0.471. The molecule has 4 aromatic rings. The van der Waals surface area contributed by atoms with Gasteiger partial charge in [-0.05, 0) is 18.2 Å². The fourth-order valence-corrected chi connectivity index (χ4v) is 3.44. The molecule has 3 heterocycles. The molecular formula is C16H12N4S. The first-order valence-electron chi connectivity index (χ1n) is 6.56. The van der Waals surface area contributed by atoms with Gasteiger partial charge in [-0.25, -0.2) is 0 Å². The number of pyridine rings is 1. The smallest absolute Gasteiger partial charge is 0.155 e. The van der Waals surface area contributed by atoms with E-state index in [0.717, 1.165) is 22.5 Å². The number of nitrogen functional groups attached to an aromatic ring is 1. The van der Waals surface area contributed by atoms with Gasteiger partial charge < -0.3 is 5.73 Å². The van der Waals surface area contributed by atoms with Crippen LogP contribution in [-0.2, 0) is 0 Å². The molecule has 0 radical (unpaired) electrons. The summed E-state index contributed by atoms with van der Waals surface area (Å²) in [6.07, 6.45) is 1.76. The number of H-pyrrole nitrogens is 1. The minimum atomic E-state index is 0.471. The van der Waals surface area contributed by atoms with Crippen molar-refractivity contribution in [2.75, 3.05) is 5.73 Å². The Kier molecular flexibility index (Phi) is 2.72. The first-order chi connectivity index (χ1) is 10.3. The number of hydrogen-bond acceptors (Lipinski definition) is 4. The van der Waals surface area contributed by atoms with Crippen LogP contribution in [0.5, 0.6) is 0 Å². The minimum Gasteiger partial charge on any atom is -0.382 e. The second kappa shape index (κ2) is 4.71. The average molecular weight is 292 g/mol. The third kappa shape index (κ3) is 1.90. The van der Waals surface area contributed by atoms with Crippen molar-refractivity contribution in [1.29, 1.82) is 0 Å². The van der Waals surface area contributed by atoms with Crippen LogP contribution < -0.4 is 5.73 Å². The van der Waals surface area contributed by atoms with Crippen molar-refractivity contribution in [1.82, 2.24) is 15.2 Å². The average Bonchev–Trinajstić information content (AvgIpc) is 3.11. The first kappa shape index (κ1) is 12.1. The highest BCUT2D eigenvalue weighted by atomic mass is 32.1. The molecule has 0 bridgehead atoms. The minimum absolute atomic E-state index is 0.471. The van der Waals surface area contributed by atoms with E-state index in [4.69, 9.17) is 5.73 Å². The van der Waals surface area contributed by atoms with Crippen molar-refractivity contribution in [3.8, 4) is 22.5 Å². The summed E-state index contributed by atoms with van der Waals surface area (Å²) >= 11 is 1.71. The Morgan fingerprint density at radius 1 is 1.05 bits per heavy atom. The van der Waals surface area contributed by atoms with E-state index in [0.29, 0.717) is 5.82 Å². The standard InChI is InChI=1S/C16H12N4S/c17-16-14(12-6-3-4-8-18-12)15(19-20-16)11-9-21-13-7-2-1-5-10(11)13/h1-9H,(H3,17,19,20). The van der Waals surface area contributed by atoms with Gasteiger partial charge in [-0.3, -0.25) is 10.1 Å². The van der Waals surface area contributed by atoms with Gasteiger partial charge in [0.2, 0.25) is 0 Å². The summed E-state index contributed by atoms with van der Waals surface area (Å²) in [6.45, 7) is 0. The van der Waals surface area contributed by atoms with Gasteiger partial charge in [-0.2, -0.15) is 5.10 Å². The predicted octanol–water partition coefficient (Wildman–Crippen LogP) is 3.94. The molecule has 0 aliphatic carbocycles. The molecule has 0 atom stereocenters. The lowest BCUT2D eigenvalue weighted by molar-refractivity contribution is 1.10. The molecule has 0 amide bonds. The molecule has 0 spiro atoms. The van der Waals surface area contributed by atoms with Crippen LogP contribution in [0.1, 0.15) is 0 Å². The molecule has 102 valence electrons. The molecular weight excluding hydrogens is 280 g/mol. The lowest BCUT2D eigenvalue weighted by Crippen LogP contribution is -1.90. The number of rotatable bonds is 2. The quantitative estimate of drug-likeness (QED) is 0.588. The number of thiophene rings is 1. The molecule has 0 saturated carbocycles. The van der Waals surface area contributed by atoms with Crippen molar-refractivity contribution in [2.45, 2.75) is 0 Å². The third-order valence-corrected chi connectivity index (χ3v) is 4.43. The van der Waals surface area contributed by atoms with Crippen LogP contribution >= 0.6 is 11.3 Å². The molecule has 0 unspecified atom stereocenters. The van der Waals surface area contributed by atoms with E-state index < -0.39 is 0 Å². The summed E-state index contributed by atoms with van der Waals surface area (Å²) in [7, 11) is 0. The maximum absolute atomic E-state index is 6.04. The van der Waals surface area contributed by atoms with E-state index in [1.165, 1.54) is 10.1 Å². The molecule has 0 aliphatic heterocycles. The van der Waals surface area contributed by atoms with E-state index in [9.17, 15) is 0 Å². The Morgan fingerprint density at radius 3 is 2.76 bits per heavy atom. The second-order valence-corrected chi connectivity index (χ2v) is 5.63. The van der Waals surface area contributed by atoms with Crippen LogP contribution in [0.25, 0.3) is 32.6 Å². The van der Waals surface area contributed by atoms with Crippen LogP contribution in [0.15, 0.2) is 54.0 Å². The third-order valence-electron chi connectivity index (χ3n) is 3.47. The zero-order valence-electron chi connectivity index (χ0n) is 11.1. The summed E-state index contributed by atoms with van der Waals surface area (Å²) in [5.41, 5.74) is 9.76. The van der Waals surface area contributed by atoms with Crippen LogP contribution in [-0.4, -0.2) is 15.2 Å². The van der Waals surface area contributed by atoms with Gasteiger partial charge in [0.1, 0.15) is 0 Å². The summed E-state index contributed by atoms with van der Waals surface area (Å²) < 4.78 is 1.24. The Balaban J connectivity index is 1.98. The zero-order valence-corrected chi connectivity index (χ0v) is 11.9. The number of hydrogen-bond donors (Lipinski definition) is 2. The number of aromatic nitrogens is 3. The topological polar surface area (TPSA) is 67.6 Å². The Morgan fingerprint density at radius 2 is 1.90 bits per heavy atom. The van der Waals surface area contributed by atoms with Crippen LogP contribution in [0.2, 0.25) is 0 Å². The summed E-state index contributed by atoms with van der Waals surface area (Å²) in [6, 6.07) is 14.1. The van der Waals surface area contributed by atoms with Gasteiger partial charge in [0.15, 0.2) is 5.82 Å². The monoisotopic (exact) mass is 292 g/mol. The second-order valence-electron chi connectivity index (χ2n) is 4.72. The largest absolute Gasteiger partial charge is 0.382 e. The number of anilines is 1. The Hall–Kier alpha value is -2.66. The van der Waals surface area contributed by atoms with Gasteiger partial charge in [-0.1, -0.05) is 24.3 Å². The van der Waals surface area contributed by atoms with Gasteiger partial charge in [0.25, 0.3) is 0 Å². The molecule has 4 nitrogen and oxygen atoms in total. The fourth-order valence-electron chi connectivity index (χ4n) is 2.49. The molecule has 0 aliphatic rings. The van der Waals surface area contributed by atoms with E-state index >= 15 is 0 Å². The number of benzene rings is 1. The molecule has 1 aromatic carbocycles. The van der Waals surface area contributed by atoms with Crippen molar-refractivity contribution in [2.24, 2.45) is 0 Å². The molecule has 3 N–H and O–H groups in total. The highest BCUT2D eigenvalue weighted by Gasteiger charge is 2.18. The Bertz CT molecular complexity index is 908. The summed E-state index contributed by atoms with van der Waals surface area (Å²) in [5, 5.41) is 10.6. The van der Waals surface area contributed by atoms with E-state index in [1.807, 2.05) is 30.3 Å². The number of nitrogens with two attached hydrogens (primary N) is 1. The van der Waals surface area contributed by atoms with Crippen molar-refractivity contribution in [3.63, 3.8) is 0 Å². The SMILES string of the molecule is Nc1n[nH]c(-c2csc3ccccc23)c1-c1ccccn1. The normalized spacial score (nSPS) is 11.0. The van der Waals surface area contributed by atoms with Gasteiger partial charge >= 0.3 is 0 Å². The highest BCUT2D eigenvalue weighted by molar-refractivity contribution is 7.17. The maximum atomic E-state index is 6.04. The van der Waals surface area contributed by atoms with Crippen molar-refractivity contribution in [3.05, 3.63) is 54.0 Å². The molecule has 0 fully saturated rings. The number of fused-ring (bicyclic) bond motifs is 1. The van der Waals surface area contributed by atoms with E-state index in [1.54, 1.807) is 17.5 Å². The van der Waals surface area contributed by atoms with Crippen LogP contribution in [0.3, 0.4) is 0 Å². The number of nitrogens with one attached hydrogen (secondary N) is 1. The fraction of sp³-hybridized carbons (Fsp3) is 0. The molecule has 5 heteroatoms. The Labute approximate surface area is 125 Å². The van der Waals surface area contributed by atoms with Crippen LogP contribution in [0.4, 0.5) is 5.82 Å². The van der Waals surface area contributed by atoms with Crippen LogP contribution in [0, 0.1) is 0 Å². The zero-order chi connectivity index (χ0) is 14.2. The van der Waals surface area contributed by atoms with Crippen molar-refractivity contribution >= 4 is 27.2 Å². The molecule has 0 saturated heterocycles.